The fourth-order valence-electron chi connectivity index (χ4n) is 2.41. The van der Waals surface area contributed by atoms with Gasteiger partial charge >= 0.3 is 6.03 Å². The number of amides is 2. The largest absolute Gasteiger partial charge is 0.338 e. The zero-order chi connectivity index (χ0) is 14.5. The van der Waals surface area contributed by atoms with E-state index in [1.165, 1.54) is 18.6 Å². The summed E-state index contributed by atoms with van der Waals surface area (Å²) in [6.07, 6.45) is 3.44. The van der Waals surface area contributed by atoms with Gasteiger partial charge in [0.15, 0.2) is 0 Å². The second-order valence-electron chi connectivity index (χ2n) is 5.97. The van der Waals surface area contributed by atoms with Crippen LogP contribution in [0.3, 0.4) is 0 Å². The molecule has 3 nitrogen and oxygen atoms in total. The third-order valence-corrected chi connectivity index (χ3v) is 3.81. The Bertz CT molecular complexity index is 440. The molecule has 1 aromatic rings. The van der Waals surface area contributed by atoms with E-state index in [1.807, 2.05) is 0 Å². The van der Waals surface area contributed by atoms with Gasteiger partial charge in [0.2, 0.25) is 0 Å². The van der Waals surface area contributed by atoms with Crippen LogP contribution in [0.2, 0.25) is 0 Å². The molecule has 20 heavy (non-hydrogen) atoms. The van der Waals surface area contributed by atoms with Crippen LogP contribution in [0.25, 0.3) is 0 Å². The summed E-state index contributed by atoms with van der Waals surface area (Å²) in [6.45, 7) is 4.78. The van der Waals surface area contributed by atoms with Gasteiger partial charge in [-0.2, -0.15) is 0 Å². The van der Waals surface area contributed by atoms with Gasteiger partial charge in [-0.25, -0.2) is 9.18 Å². The molecular weight excluding hydrogens is 255 g/mol. The van der Waals surface area contributed by atoms with Crippen LogP contribution in [0, 0.1) is 17.7 Å². The maximum atomic E-state index is 13.0. The van der Waals surface area contributed by atoms with Gasteiger partial charge in [0, 0.05) is 6.54 Å². The number of hydrogen-bond acceptors (Lipinski definition) is 1. The Morgan fingerprint density at radius 2 is 1.95 bits per heavy atom. The van der Waals surface area contributed by atoms with Gasteiger partial charge in [-0.05, 0) is 42.4 Å². The second-order valence-corrected chi connectivity index (χ2v) is 5.97. The van der Waals surface area contributed by atoms with Crippen LogP contribution in [0.4, 0.5) is 9.18 Å². The SMILES string of the molecule is CC(C)CNC(=O)NC(c1ccc(F)cc1)C1CCC1. The van der Waals surface area contributed by atoms with Crippen molar-refractivity contribution in [3.8, 4) is 0 Å². The molecule has 1 atom stereocenters. The number of urea groups is 1. The molecule has 0 heterocycles. The minimum Gasteiger partial charge on any atom is -0.338 e. The molecule has 110 valence electrons. The molecule has 1 aliphatic carbocycles. The summed E-state index contributed by atoms with van der Waals surface area (Å²) in [4.78, 5) is 11.9. The summed E-state index contributed by atoms with van der Waals surface area (Å²) in [5, 5.41) is 5.91. The lowest BCUT2D eigenvalue weighted by atomic mass is 9.77. The molecule has 1 aromatic carbocycles. The Balaban J connectivity index is 2.00. The highest BCUT2D eigenvalue weighted by atomic mass is 19.1. The highest BCUT2D eigenvalue weighted by Gasteiger charge is 2.29. The van der Waals surface area contributed by atoms with Crippen molar-refractivity contribution in [3.63, 3.8) is 0 Å². The zero-order valence-electron chi connectivity index (χ0n) is 12.2. The first-order valence-corrected chi connectivity index (χ1v) is 7.36. The molecule has 0 aromatic heterocycles. The number of hydrogen-bond donors (Lipinski definition) is 2. The standard InChI is InChI=1S/C16H23FN2O/c1-11(2)10-18-16(20)19-15(12-4-3-5-12)13-6-8-14(17)9-7-13/h6-9,11-12,15H,3-5,10H2,1-2H3,(H2,18,19,20). The molecule has 1 aliphatic rings. The van der Waals surface area contributed by atoms with E-state index in [0.717, 1.165) is 18.4 Å². The first-order valence-electron chi connectivity index (χ1n) is 7.36. The van der Waals surface area contributed by atoms with Gasteiger partial charge in [0.05, 0.1) is 6.04 Å². The summed E-state index contributed by atoms with van der Waals surface area (Å²) < 4.78 is 13.0. The fourth-order valence-corrected chi connectivity index (χ4v) is 2.41. The zero-order valence-corrected chi connectivity index (χ0v) is 12.2. The maximum absolute atomic E-state index is 13.0. The van der Waals surface area contributed by atoms with Crippen LogP contribution in [-0.2, 0) is 0 Å². The van der Waals surface area contributed by atoms with E-state index in [-0.39, 0.29) is 17.9 Å². The molecule has 2 rings (SSSR count). The average molecular weight is 278 g/mol. The molecule has 0 radical (unpaired) electrons. The van der Waals surface area contributed by atoms with E-state index in [2.05, 4.69) is 24.5 Å². The van der Waals surface area contributed by atoms with Crippen LogP contribution in [-0.4, -0.2) is 12.6 Å². The van der Waals surface area contributed by atoms with Crippen molar-refractivity contribution in [2.24, 2.45) is 11.8 Å². The van der Waals surface area contributed by atoms with Crippen molar-refractivity contribution >= 4 is 6.03 Å². The highest BCUT2D eigenvalue weighted by molar-refractivity contribution is 5.74. The lowest BCUT2D eigenvalue weighted by Gasteiger charge is -2.34. The summed E-state index contributed by atoms with van der Waals surface area (Å²) in [6, 6.07) is 6.28. The Morgan fingerprint density at radius 1 is 1.30 bits per heavy atom. The minimum absolute atomic E-state index is 0.0171. The van der Waals surface area contributed by atoms with Crippen molar-refractivity contribution in [3.05, 3.63) is 35.6 Å². The van der Waals surface area contributed by atoms with Gasteiger partial charge in [-0.1, -0.05) is 32.4 Å². The van der Waals surface area contributed by atoms with Crippen molar-refractivity contribution in [1.29, 1.82) is 0 Å². The summed E-state index contributed by atoms with van der Waals surface area (Å²) in [5.41, 5.74) is 0.982. The Hall–Kier alpha value is -1.58. The van der Waals surface area contributed by atoms with Crippen molar-refractivity contribution < 1.29 is 9.18 Å². The lowest BCUT2D eigenvalue weighted by molar-refractivity contribution is 0.207. The molecule has 1 saturated carbocycles. The minimum atomic E-state index is -0.245. The molecule has 1 fully saturated rings. The smallest absolute Gasteiger partial charge is 0.315 e. The molecule has 2 amide bonds. The number of nitrogens with one attached hydrogen (secondary N) is 2. The number of carbonyl (C=O) groups is 1. The summed E-state index contributed by atoms with van der Waals surface area (Å²) in [5.74, 6) is 0.643. The summed E-state index contributed by atoms with van der Waals surface area (Å²) in [7, 11) is 0. The van der Waals surface area contributed by atoms with Crippen LogP contribution in [0.5, 0.6) is 0 Å². The van der Waals surface area contributed by atoms with E-state index in [4.69, 9.17) is 0 Å². The van der Waals surface area contributed by atoms with Crippen LogP contribution in [0.15, 0.2) is 24.3 Å². The molecule has 1 unspecified atom stereocenters. The van der Waals surface area contributed by atoms with Crippen molar-refractivity contribution in [1.82, 2.24) is 10.6 Å². The summed E-state index contributed by atoms with van der Waals surface area (Å²) >= 11 is 0. The predicted molar refractivity (Wildman–Crippen MR) is 77.9 cm³/mol. The van der Waals surface area contributed by atoms with E-state index in [1.54, 1.807) is 12.1 Å². The molecule has 0 bridgehead atoms. The lowest BCUT2D eigenvalue weighted by Crippen LogP contribution is -2.43. The number of halogens is 1. The Morgan fingerprint density at radius 3 is 2.45 bits per heavy atom. The third kappa shape index (κ3) is 3.95. The van der Waals surface area contributed by atoms with Gasteiger partial charge in [0.25, 0.3) is 0 Å². The van der Waals surface area contributed by atoms with E-state index < -0.39 is 0 Å². The Kier molecular flexibility index (Phi) is 4.99. The van der Waals surface area contributed by atoms with Gasteiger partial charge in [-0.15, -0.1) is 0 Å². The average Bonchev–Trinajstić information content (AvgIpc) is 2.34. The van der Waals surface area contributed by atoms with Gasteiger partial charge in [-0.3, -0.25) is 0 Å². The normalized spacial score (nSPS) is 16.6. The van der Waals surface area contributed by atoms with Gasteiger partial charge < -0.3 is 10.6 Å². The van der Waals surface area contributed by atoms with Gasteiger partial charge in [0.1, 0.15) is 5.82 Å². The Labute approximate surface area is 120 Å². The molecule has 2 N–H and O–H groups in total. The number of carbonyl (C=O) groups excluding carboxylic acids is 1. The topological polar surface area (TPSA) is 41.1 Å². The number of benzene rings is 1. The maximum Gasteiger partial charge on any atom is 0.315 e. The highest BCUT2D eigenvalue weighted by Crippen LogP contribution is 2.37. The van der Waals surface area contributed by atoms with E-state index >= 15 is 0 Å². The molecule has 0 saturated heterocycles. The molecule has 0 aliphatic heterocycles. The number of rotatable bonds is 5. The molecule has 4 heteroatoms. The quantitative estimate of drug-likeness (QED) is 0.848. The second kappa shape index (κ2) is 6.73. The van der Waals surface area contributed by atoms with E-state index in [9.17, 15) is 9.18 Å². The predicted octanol–water partition coefficient (Wildman–Crippen LogP) is 3.62. The van der Waals surface area contributed by atoms with Crippen LogP contribution in [0.1, 0.15) is 44.7 Å². The van der Waals surface area contributed by atoms with E-state index in [0.29, 0.717) is 18.4 Å². The molecular formula is C16H23FN2O. The first kappa shape index (κ1) is 14.8. The van der Waals surface area contributed by atoms with Crippen molar-refractivity contribution in [2.75, 3.05) is 6.54 Å². The van der Waals surface area contributed by atoms with Crippen molar-refractivity contribution in [2.45, 2.75) is 39.2 Å². The monoisotopic (exact) mass is 278 g/mol. The third-order valence-electron chi connectivity index (χ3n) is 3.81. The fraction of sp³-hybridized carbons (Fsp3) is 0.562. The van der Waals surface area contributed by atoms with Crippen LogP contribution >= 0.6 is 0 Å². The molecule has 0 spiro atoms. The first-order chi connectivity index (χ1) is 9.56. The van der Waals surface area contributed by atoms with Crippen LogP contribution < -0.4 is 10.6 Å².